The van der Waals surface area contributed by atoms with Gasteiger partial charge in [0.1, 0.15) is 5.76 Å². The highest BCUT2D eigenvalue weighted by Crippen LogP contribution is 2.36. The van der Waals surface area contributed by atoms with E-state index in [0.29, 0.717) is 6.04 Å². The van der Waals surface area contributed by atoms with Gasteiger partial charge in [-0.2, -0.15) is 0 Å². The summed E-state index contributed by atoms with van der Waals surface area (Å²) in [4.78, 5) is 1.41. The molecule has 0 saturated heterocycles. The molecule has 0 fully saturated rings. The Morgan fingerprint density at radius 3 is 3.00 bits per heavy atom. The van der Waals surface area contributed by atoms with Crippen molar-refractivity contribution in [2.24, 2.45) is 0 Å². The third-order valence-corrected chi connectivity index (χ3v) is 4.79. The highest BCUT2D eigenvalue weighted by molar-refractivity contribution is 7.99. The Morgan fingerprint density at radius 2 is 2.21 bits per heavy atom. The number of aryl methyl sites for hydroxylation is 2. The summed E-state index contributed by atoms with van der Waals surface area (Å²) in [5.41, 5.74) is 3.60. The number of nitrogens with zero attached hydrogens (tertiary/aromatic N) is 1. The quantitative estimate of drug-likeness (QED) is 0.927. The van der Waals surface area contributed by atoms with Gasteiger partial charge in [-0.05, 0) is 37.7 Å². The van der Waals surface area contributed by atoms with Gasteiger partial charge in [-0.1, -0.05) is 23.4 Å². The molecule has 1 aromatic heterocycles. The second-order valence-electron chi connectivity index (χ2n) is 4.91. The summed E-state index contributed by atoms with van der Waals surface area (Å²) in [6.07, 6.45) is 1.17. The smallest absolute Gasteiger partial charge is 0.138 e. The predicted octanol–water partition coefficient (Wildman–Crippen LogP) is 3.62. The van der Waals surface area contributed by atoms with E-state index in [0.717, 1.165) is 18.0 Å². The van der Waals surface area contributed by atoms with Gasteiger partial charge in [0.05, 0.1) is 5.69 Å². The number of rotatable bonds is 3. The van der Waals surface area contributed by atoms with Gasteiger partial charge in [0.25, 0.3) is 0 Å². The molecule has 4 heteroatoms. The molecule has 3 nitrogen and oxygen atoms in total. The first-order valence-electron chi connectivity index (χ1n) is 6.62. The summed E-state index contributed by atoms with van der Waals surface area (Å²) in [6.45, 7) is 4.80. The lowest BCUT2D eigenvalue weighted by molar-refractivity contribution is 0.391. The Bertz CT molecular complexity index is 560. The van der Waals surface area contributed by atoms with E-state index >= 15 is 0 Å². The first kappa shape index (κ1) is 12.8. The second kappa shape index (κ2) is 5.39. The minimum absolute atomic E-state index is 0.436. The average Bonchev–Trinajstić information content (AvgIpc) is 2.76. The molecule has 3 rings (SSSR count). The van der Waals surface area contributed by atoms with Gasteiger partial charge in [-0.15, -0.1) is 11.8 Å². The maximum Gasteiger partial charge on any atom is 0.138 e. The van der Waals surface area contributed by atoms with Crippen molar-refractivity contribution in [2.75, 3.05) is 5.75 Å². The number of aromatic nitrogens is 1. The molecule has 100 valence electrons. The van der Waals surface area contributed by atoms with Crippen LogP contribution in [0, 0.1) is 13.8 Å². The summed E-state index contributed by atoms with van der Waals surface area (Å²) in [5, 5.41) is 7.65. The molecule has 0 amide bonds. The zero-order valence-electron chi connectivity index (χ0n) is 11.3. The van der Waals surface area contributed by atoms with Crippen molar-refractivity contribution >= 4 is 11.8 Å². The Hall–Kier alpha value is -1.26. The summed E-state index contributed by atoms with van der Waals surface area (Å²) < 4.78 is 5.21. The highest BCUT2D eigenvalue weighted by atomic mass is 32.2. The van der Waals surface area contributed by atoms with E-state index < -0.39 is 0 Å². The fourth-order valence-corrected chi connectivity index (χ4v) is 3.66. The third kappa shape index (κ3) is 2.55. The van der Waals surface area contributed by atoms with E-state index in [2.05, 4.69) is 34.7 Å². The molecular weight excluding hydrogens is 256 g/mol. The van der Waals surface area contributed by atoms with Crippen LogP contribution in [0.2, 0.25) is 0 Å². The van der Waals surface area contributed by atoms with Crippen LogP contribution in [-0.4, -0.2) is 10.9 Å². The van der Waals surface area contributed by atoms with Crippen LogP contribution < -0.4 is 5.32 Å². The molecule has 2 aromatic rings. The van der Waals surface area contributed by atoms with E-state index in [-0.39, 0.29) is 0 Å². The largest absolute Gasteiger partial charge is 0.361 e. The highest BCUT2D eigenvalue weighted by Gasteiger charge is 2.20. The maximum atomic E-state index is 5.21. The van der Waals surface area contributed by atoms with Gasteiger partial charge in [-0.3, -0.25) is 0 Å². The van der Waals surface area contributed by atoms with Crippen LogP contribution in [-0.2, 0) is 6.54 Å². The zero-order valence-corrected chi connectivity index (χ0v) is 12.1. The molecule has 2 heterocycles. The Kier molecular flexibility index (Phi) is 3.62. The van der Waals surface area contributed by atoms with Gasteiger partial charge in [0.2, 0.25) is 0 Å². The van der Waals surface area contributed by atoms with E-state index in [1.165, 1.54) is 28.2 Å². The molecule has 0 radical (unpaired) electrons. The Balaban J connectivity index is 1.75. The van der Waals surface area contributed by atoms with Crippen molar-refractivity contribution in [1.29, 1.82) is 0 Å². The molecule has 1 atom stereocenters. The lowest BCUT2D eigenvalue weighted by Crippen LogP contribution is -2.24. The number of thioether (sulfide) groups is 1. The average molecular weight is 274 g/mol. The van der Waals surface area contributed by atoms with Crippen LogP contribution in [0.1, 0.15) is 35.0 Å². The molecule has 0 aliphatic carbocycles. The summed E-state index contributed by atoms with van der Waals surface area (Å²) in [5.74, 6) is 2.10. The number of fused-ring (bicyclic) bond motifs is 1. The van der Waals surface area contributed by atoms with Gasteiger partial charge in [0, 0.05) is 23.0 Å². The lowest BCUT2D eigenvalue weighted by Gasteiger charge is -2.26. The lowest BCUT2D eigenvalue weighted by atomic mass is 10.0. The number of benzene rings is 1. The fourth-order valence-electron chi connectivity index (χ4n) is 2.53. The molecular formula is C15H18N2OS. The fraction of sp³-hybridized carbons (Fsp3) is 0.400. The molecule has 0 saturated carbocycles. The Labute approximate surface area is 117 Å². The molecule has 0 bridgehead atoms. The molecule has 19 heavy (non-hydrogen) atoms. The van der Waals surface area contributed by atoms with E-state index in [1.54, 1.807) is 0 Å². The van der Waals surface area contributed by atoms with Crippen molar-refractivity contribution in [2.45, 2.75) is 37.8 Å². The number of hydrogen-bond acceptors (Lipinski definition) is 4. The standard InChI is InChI=1S/C15H18N2OS/c1-10-13(11(2)18-17-10)9-16-14-7-8-19-15-6-4-3-5-12(14)15/h3-6,14,16H,7-9H2,1-2H3/t14-/m0/s1. The van der Waals surface area contributed by atoms with Gasteiger partial charge >= 0.3 is 0 Å². The van der Waals surface area contributed by atoms with Crippen LogP contribution in [0.4, 0.5) is 0 Å². The van der Waals surface area contributed by atoms with Crippen molar-refractivity contribution < 1.29 is 4.52 Å². The predicted molar refractivity (Wildman–Crippen MR) is 77.3 cm³/mol. The van der Waals surface area contributed by atoms with Crippen molar-refractivity contribution in [1.82, 2.24) is 10.5 Å². The minimum Gasteiger partial charge on any atom is -0.361 e. The van der Waals surface area contributed by atoms with Crippen LogP contribution in [0.5, 0.6) is 0 Å². The molecule has 0 unspecified atom stereocenters. The second-order valence-corrected chi connectivity index (χ2v) is 6.05. The van der Waals surface area contributed by atoms with E-state index in [4.69, 9.17) is 4.52 Å². The van der Waals surface area contributed by atoms with Gasteiger partial charge in [0.15, 0.2) is 0 Å². The zero-order chi connectivity index (χ0) is 13.2. The van der Waals surface area contributed by atoms with E-state index in [9.17, 15) is 0 Å². The van der Waals surface area contributed by atoms with Crippen molar-refractivity contribution in [3.05, 3.63) is 46.8 Å². The molecule has 1 N–H and O–H groups in total. The van der Waals surface area contributed by atoms with Crippen LogP contribution >= 0.6 is 11.8 Å². The Morgan fingerprint density at radius 1 is 1.37 bits per heavy atom. The van der Waals surface area contributed by atoms with Crippen LogP contribution in [0.3, 0.4) is 0 Å². The SMILES string of the molecule is Cc1noc(C)c1CN[C@H]1CCSc2ccccc21. The number of nitrogens with one attached hydrogen (secondary N) is 1. The summed E-state index contributed by atoms with van der Waals surface area (Å²) >= 11 is 1.95. The molecule has 1 aliphatic heterocycles. The van der Waals surface area contributed by atoms with Crippen molar-refractivity contribution in [3.63, 3.8) is 0 Å². The number of hydrogen-bond donors (Lipinski definition) is 1. The maximum absolute atomic E-state index is 5.21. The monoisotopic (exact) mass is 274 g/mol. The van der Waals surface area contributed by atoms with Gasteiger partial charge < -0.3 is 9.84 Å². The van der Waals surface area contributed by atoms with E-state index in [1.807, 2.05) is 25.6 Å². The topological polar surface area (TPSA) is 38.1 Å². The normalized spacial score (nSPS) is 18.3. The molecule has 0 spiro atoms. The molecule has 1 aliphatic rings. The summed E-state index contributed by atoms with van der Waals surface area (Å²) in [6, 6.07) is 9.11. The first-order valence-corrected chi connectivity index (χ1v) is 7.61. The third-order valence-electron chi connectivity index (χ3n) is 3.66. The van der Waals surface area contributed by atoms with Crippen LogP contribution in [0.15, 0.2) is 33.7 Å². The van der Waals surface area contributed by atoms with Gasteiger partial charge in [-0.25, -0.2) is 0 Å². The van der Waals surface area contributed by atoms with Crippen LogP contribution in [0.25, 0.3) is 0 Å². The first-order chi connectivity index (χ1) is 9.25. The summed E-state index contributed by atoms with van der Waals surface area (Å²) in [7, 11) is 0. The van der Waals surface area contributed by atoms with Crippen molar-refractivity contribution in [3.8, 4) is 0 Å². The minimum atomic E-state index is 0.436. The molecule has 1 aromatic carbocycles.